The Balaban J connectivity index is 2.23. The molecule has 0 saturated carbocycles. The quantitative estimate of drug-likeness (QED) is 0.326. The first-order valence-corrected chi connectivity index (χ1v) is 8.30. The van der Waals surface area contributed by atoms with Crippen LogP contribution in [0.4, 0.5) is 4.39 Å². The predicted molar refractivity (Wildman–Crippen MR) is 94.3 cm³/mol. The number of halogens is 1. The Morgan fingerprint density at radius 2 is 2.04 bits per heavy atom. The van der Waals surface area contributed by atoms with Crippen molar-refractivity contribution in [1.29, 1.82) is 0 Å². The Bertz CT molecular complexity index is 535. The van der Waals surface area contributed by atoms with Gasteiger partial charge in [0, 0.05) is 33.6 Å². The first kappa shape index (κ1) is 19.9. The molecule has 0 unspecified atom stereocenters. The monoisotopic (exact) mass is 337 g/mol. The van der Waals surface area contributed by atoms with Gasteiger partial charge in [-0.15, -0.1) is 0 Å². The van der Waals surface area contributed by atoms with Crippen LogP contribution in [0.15, 0.2) is 29.3 Å². The van der Waals surface area contributed by atoms with Crippen LogP contribution in [0.5, 0.6) is 0 Å². The zero-order valence-corrected chi connectivity index (χ0v) is 14.8. The Morgan fingerprint density at radius 1 is 1.29 bits per heavy atom. The first-order valence-electron chi connectivity index (χ1n) is 8.30. The highest BCUT2D eigenvalue weighted by Crippen LogP contribution is 2.07. The van der Waals surface area contributed by atoms with E-state index < -0.39 is 0 Å². The van der Waals surface area contributed by atoms with Gasteiger partial charge in [-0.3, -0.25) is 9.79 Å². The molecule has 0 bridgehead atoms. The number of guanidine groups is 1. The van der Waals surface area contributed by atoms with Crippen LogP contribution in [0.2, 0.25) is 0 Å². The molecule has 0 spiro atoms. The summed E-state index contributed by atoms with van der Waals surface area (Å²) >= 11 is 0. The molecule has 5 nitrogen and oxygen atoms in total. The number of methoxy groups -OCH3 is 1. The molecule has 0 fully saturated rings. The Morgan fingerprint density at radius 3 is 2.71 bits per heavy atom. The third-order valence-electron chi connectivity index (χ3n) is 3.70. The van der Waals surface area contributed by atoms with Gasteiger partial charge in [-0.05, 0) is 30.5 Å². The van der Waals surface area contributed by atoms with Crippen molar-refractivity contribution in [2.75, 3.05) is 27.7 Å². The summed E-state index contributed by atoms with van der Waals surface area (Å²) in [6.45, 7) is 1.41. The highest BCUT2D eigenvalue weighted by molar-refractivity contribution is 5.79. The molecule has 0 aliphatic rings. The van der Waals surface area contributed by atoms with Crippen LogP contribution in [0, 0.1) is 5.82 Å². The number of carbonyl (C=O) groups is 1. The Kier molecular flexibility index (Phi) is 9.49. The molecule has 0 saturated heterocycles. The minimum Gasteiger partial charge on any atom is -0.469 e. The maximum absolute atomic E-state index is 13.2. The zero-order valence-electron chi connectivity index (χ0n) is 14.8. The summed E-state index contributed by atoms with van der Waals surface area (Å²) in [4.78, 5) is 17.2. The summed E-state index contributed by atoms with van der Waals surface area (Å²) in [5, 5.41) is 3.31. The molecule has 0 radical (unpaired) electrons. The largest absolute Gasteiger partial charge is 0.469 e. The van der Waals surface area contributed by atoms with Gasteiger partial charge in [-0.1, -0.05) is 25.0 Å². The fraction of sp³-hybridized carbons (Fsp3) is 0.556. The van der Waals surface area contributed by atoms with Gasteiger partial charge in [-0.2, -0.15) is 0 Å². The lowest BCUT2D eigenvalue weighted by Crippen LogP contribution is -2.38. The number of nitrogens with zero attached hydrogens (tertiary/aromatic N) is 2. The number of aliphatic imine (C=N–C) groups is 1. The van der Waals surface area contributed by atoms with E-state index in [-0.39, 0.29) is 11.8 Å². The van der Waals surface area contributed by atoms with E-state index in [1.807, 2.05) is 18.0 Å². The van der Waals surface area contributed by atoms with Crippen LogP contribution >= 0.6 is 0 Å². The Labute approximate surface area is 143 Å². The van der Waals surface area contributed by atoms with Crippen molar-refractivity contribution in [3.63, 3.8) is 0 Å². The number of benzene rings is 1. The molecule has 0 amide bonds. The van der Waals surface area contributed by atoms with Crippen LogP contribution in [0.1, 0.15) is 37.7 Å². The van der Waals surface area contributed by atoms with Crippen LogP contribution in [0.25, 0.3) is 0 Å². The van der Waals surface area contributed by atoms with E-state index in [9.17, 15) is 9.18 Å². The number of rotatable bonds is 9. The van der Waals surface area contributed by atoms with Crippen LogP contribution < -0.4 is 5.32 Å². The molecular weight excluding hydrogens is 309 g/mol. The second-order valence-electron chi connectivity index (χ2n) is 5.70. The fourth-order valence-electron chi connectivity index (χ4n) is 2.42. The number of hydrogen-bond acceptors (Lipinski definition) is 3. The number of unbranched alkanes of at least 4 members (excludes halogenated alkanes) is 3. The van der Waals surface area contributed by atoms with Gasteiger partial charge in [0.25, 0.3) is 0 Å². The van der Waals surface area contributed by atoms with E-state index in [4.69, 9.17) is 0 Å². The highest BCUT2D eigenvalue weighted by Gasteiger charge is 2.06. The number of esters is 1. The lowest BCUT2D eigenvalue weighted by Gasteiger charge is -2.22. The SMILES string of the molecule is CN=C(NCCCCCCC(=O)OC)N(C)Cc1cccc(F)c1. The lowest BCUT2D eigenvalue weighted by atomic mass is 10.1. The van der Waals surface area contributed by atoms with E-state index in [0.717, 1.165) is 43.8 Å². The summed E-state index contributed by atoms with van der Waals surface area (Å²) in [5.41, 5.74) is 0.906. The molecule has 1 rings (SSSR count). The summed E-state index contributed by atoms with van der Waals surface area (Å²) < 4.78 is 17.8. The molecule has 6 heteroatoms. The molecule has 1 aromatic carbocycles. The van der Waals surface area contributed by atoms with E-state index in [2.05, 4.69) is 15.0 Å². The number of hydrogen-bond donors (Lipinski definition) is 1. The van der Waals surface area contributed by atoms with Gasteiger partial charge < -0.3 is 15.0 Å². The van der Waals surface area contributed by atoms with Gasteiger partial charge in [0.1, 0.15) is 5.82 Å². The van der Waals surface area contributed by atoms with Crippen molar-refractivity contribution in [2.24, 2.45) is 4.99 Å². The smallest absolute Gasteiger partial charge is 0.305 e. The highest BCUT2D eigenvalue weighted by atomic mass is 19.1. The molecule has 0 aliphatic heterocycles. The second kappa shape index (κ2) is 11.4. The maximum atomic E-state index is 13.2. The number of ether oxygens (including phenoxy) is 1. The molecule has 1 N–H and O–H groups in total. The molecule has 134 valence electrons. The summed E-state index contributed by atoms with van der Waals surface area (Å²) in [5.74, 6) is 0.414. The van der Waals surface area contributed by atoms with Crippen molar-refractivity contribution in [3.8, 4) is 0 Å². The lowest BCUT2D eigenvalue weighted by molar-refractivity contribution is -0.140. The topological polar surface area (TPSA) is 53.9 Å². The zero-order chi connectivity index (χ0) is 17.8. The van der Waals surface area contributed by atoms with Gasteiger partial charge in [0.2, 0.25) is 0 Å². The summed E-state index contributed by atoms with van der Waals surface area (Å²) in [6, 6.07) is 6.58. The van der Waals surface area contributed by atoms with Crippen molar-refractivity contribution in [3.05, 3.63) is 35.6 Å². The van der Waals surface area contributed by atoms with Crippen molar-refractivity contribution < 1.29 is 13.9 Å². The van der Waals surface area contributed by atoms with Crippen molar-refractivity contribution >= 4 is 11.9 Å². The molecular formula is C18H28FN3O2. The van der Waals surface area contributed by atoms with E-state index >= 15 is 0 Å². The molecule has 0 aliphatic carbocycles. The normalized spacial score (nSPS) is 11.2. The second-order valence-corrected chi connectivity index (χ2v) is 5.70. The summed E-state index contributed by atoms with van der Waals surface area (Å²) in [7, 11) is 5.08. The average molecular weight is 337 g/mol. The molecule has 1 aromatic rings. The third kappa shape index (κ3) is 7.94. The number of nitrogens with one attached hydrogen (secondary N) is 1. The van der Waals surface area contributed by atoms with Gasteiger partial charge in [0.15, 0.2) is 5.96 Å². The molecule has 24 heavy (non-hydrogen) atoms. The van der Waals surface area contributed by atoms with Gasteiger partial charge in [-0.25, -0.2) is 4.39 Å². The van der Waals surface area contributed by atoms with Crippen molar-refractivity contribution in [1.82, 2.24) is 10.2 Å². The van der Waals surface area contributed by atoms with E-state index in [0.29, 0.717) is 13.0 Å². The van der Waals surface area contributed by atoms with Gasteiger partial charge in [0.05, 0.1) is 7.11 Å². The van der Waals surface area contributed by atoms with Crippen LogP contribution in [-0.2, 0) is 16.1 Å². The molecule has 0 heterocycles. The van der Waals surface area contributed by atoms with Crippen LogP contribution in [0.3, 0.4) is 0 Å². The average Bonchev–Trinajstić information content (AvgIpc) is 2.57. The Hall–Kier alpha value is -2.11. The molecule has 0 atom stereocenters. The van der Waals surface area contributed by atoms with Crippen LogP contribution in [-0.4, -0.2) is 44.6 Å². The first-order chi connectivity index (χ1) is 11.6. The number of carbonyl (C=O) groups excluding carboxylic acids is 1. The summed E-state index contributed by atoms with van der Waals surface area (Å²) in [6.07, 6.45) is 4.42. The molecule has 0 aromatic heterocycles. The fourth-order valence-corrected chi connectivity index (χ4v) is 2.42. The van der Waals surface area contributed by atoms with E-state index in [1.54, 1.807) is 13.1 Å². The van der Waals surface area contributed by atoms with Crippen molar-refractivity contribution in [2.45, 2.75) is 38.6 Å². The van der Waals surface area contributed by atoms with Gasteiger partial charge >= 0.3 is 5.97 Å². The minimum absolute atomic E-state index is 0.146. The minimum atomic E-state index is -0.226. The third-order valence-corrected chi connectivity index (χ3v) is 3.70. The predicted octanol–water partition coefficient (Wildman–Crippen LogP) is 2.96. The van der Waals surface area contributed by atoms with E-state index in [1.165, 1.54) is 19.2 Å². The standard InChI is InChI=1S/C18H28FN3O2/c1-20-18(21-12-7-5-4-6-11-17(23)24-3)22(2)14-15-9-8-10-16(19)13-15/h8-10,13H,4-7,11-12,14H2,1-3H3,(H,20,21). The maximum Gasteiger partial charge on any atom is 0.305 e.